The molecule has 7 nitrogen and oxygen atoms in total. The van der Waals surface area contributed by atoms with Crippen LogP contribution in [0.3, 0.4) is 0 Å². The van der Waals surface area contributed by atoms with Crippen LogP contribution < -0.4 is 15.7 Å². The number of hydrogen-bond acceptors (Lipinski definition) is 6. The Kier molecular flexibility index (Phi) is 17.3. The van der Waals surface area contributed by atoms with E-state index >= 15 is 0 Å². The number of likely N-dealkylation sites (N-methyl/N-ethyl adjacent to an activating group) is 1. The topological polar surface area (TPSA) is 88.1 Å². The Morgan fingerprint density at radius 3 is 1.77 bits per heavy atom. The van der Waals surface area contributed by atoms with Crippen LogP contribution in [-0.4, -0.2) is 75.2 Å². The van der Waals surface area contributed by atoms with Gasteiger partial charge in [0.2, 0.25) is 5.91 Å². The van der Waals surface area contributed by atoms with Gasteiger partial charge in [-0.15, -0.1) is 0 Å². The minimum absolute atomic E-state index is 0.182. The largest absolute Gasteiger partial charge is 0.459 e. The smallest absolute Gasteiger partial charge is 0.306 e. The molecule has 0 unspecified atom stereocenters. The van der Waals surface area contributed by atoms with E-state index < -0.39 is 26.5 Å². The van der Waals surface area contributed by atoms with Crippen molar-refractivity contribution in [2.24, 2.45) is 0 Å². The molecule has 2 aromatic carbocycles. The molecule has 48 heavy (non-hydrogen) atoms. The zero-order valence-electron chi connectivity index (χ0n) is 30.6. The van der Waals surface area contributed by atoms with E-state index in [2.05, 4.69) is 57.3 Å². The highest BCUT2D eigenvalue weighted by atomic mass is 28.4. The quantitative estimate of drug-likeness (QED) is 0.0863. The first-order chi connectivity index (χ1) is 23.1. The van der Waals surface area contributed by atoms with Crippen LogP contribution in [0.4, 0.5) is 0 Å². The number of nitrogens with one attached hydrogen (secondary N) is 1. The van der Waals surface area contributed by atoms with Crippen LogP contribution in [-0.2, 0) is 18.8 Å². The molecule has 0 bridgehead atoms. The molecule has 1 fully saturated rings. The molecule has 3 rings (SSSR count). The number of hydrogen-bond donors (Lipinski definition) is 2. The lowest BCUT2D eigenvalue weighted by atomic mass is 10.0. The number of aliphatic hydroxyl groups excluding tert-OH is 1. The second-order valence-electron chi connectivity index (χ2n) is 14.7. The number of aliphatic hydroxyl groups is 1. The maximum absolute atomic E-state index is 13.3. The zero-order valence-corrected chi connectivity index (χ0v) is 31.6. The summed E-state index contributed by atoms with van der Waals surface area (Å²) in [5.41, 5.74) is 0. The molecule has 3 atom stereocenters. The molecule has 0 spiro atoms. The number of esters is 1. The van der Waals surface area contributed by atoms with E-state index in [-0.39, 0.29) is 30.1 Å². The fourth-order valence-electron chi connectivity index (χ4n) is 7.09. The molecular formula is C40H64N2O5Si. The molecule has 0 aromatic heterocycles. The van der Waals surface area contributed by atoms with Gasteiger partial charge >= 0.3 is 5.97 Å². The van der Waals surface area contributed by atoms with E-state index in [1.54, 1.807) is 11.9 Å². The van der Waals surface area contributed by atoms with Crippen LogP contribution in [0, 0.1) is 0 Å². The molecule has 8 heteroatoms. The maximum atomic E-state index is 13.3. The maximum Gasteiger partial charge on any atom is 0.306 e. The minimum Gasteiger partial charge on any atom is -0.459 e. The first-order valence-electron chi connectivity index (χ1n) is 18.7. The van der Waals surface area contributed by atoms with Crippen LogP contribution >= 0.6 is 0 Å². The van der Waals surface area contributed by atoms with Crippen LogP contribution in [0.25, 0.3) is 0 Å². The van der Waals surface area contributed by atoms with Gasteiger partial charge in [-0.3, -0.25) is 14.5 Å². The predicted molar refractivity (Wildman–Crippen MR) is 199 cm³/mol. The van der Waals surface area contributed by atoms with Crippen molar-refractivity contribution in [1.82, 2.24) is 10.2 Å². The van der Waals surface area contributed by atoms with Crippen molar-refractivity contribution < 1.29 is 23.9 Å². The zero-order chi connectivity index (χ0) is 34.8. The van der Waals surface area contributed by atoms with Crippen molar-refractivity contribution in [2.45, 2.75) is 141 Å². The molecule has 268 valence electrons. The number of carbonyl (C=O) groups is 2. The number of nitrogens with zero attached hydrogens (tertiary/aromatic N) is 1. The standard InChI is InChI=1S/C40H64N2O5Si/c1-6-7-8-9-10-11-12-13-14-15-16-17-24-29-38(44)47-37-30-42(5)36(31-43)39(45)41-35(37)32-46-48(40(2,3)4,33-25-20-18-21-26-33)34-27-22-19-23-28-34/h18-23,25-28,35-37,43H,6-17,24,29-32H2,1-5H3,(H,41,45)/t35-,36+,37+/m1/s1. The van der Waals surface area contributed by atoms with E-state index in [4.69, 9.17) is 9.16 Å². The number of rotatable bonds is 21. The Labute approximate surface area is 292 Å². The van der Waals surface area contributed by atoms with Crippen molar-refractivity contribution in [3.63, 3.8) is 0 Å². The molecule has 1 heterocycles. The van der Waals surface area contributed by atoms with Gasteiger partial charge in [0.15, 0.2) is 0 Å². The van der Waals surface area contributed by atoms with Crippen molar-refractivity contribution in [1.29, 1.82) is 0 Å². The lowest BCUT2D eigenvalue weighted by molar-refractivity contribution is -0.152. The highest BCUT2D eigenvalue weighted by Crippen LogP contribution is 2.37. The van der Waals surface area contributed by atoms with Gasteiger partial charge < -0.3 is 19.6 Å². The summed E-state index contributed by atoms with van der Waals surface area (Å²) in [6.07, 6.45) is 16.0. The lowest BCUT2D eigenvalue weighted by Crippen LogP contribution is -2.68. The molecule has 2 aromatic rings. The van der Waals surface area contributed by atoms with Crippen LogP contribution in [0.2, 0.25) is 5.04 Å². The summed E-state index contributed by atoms with van der Waals surface area (Å²) < 4.78 is 13.3. The summed E-state index contributed by atoms with van der Waals surface area (Å²) in [4.78, 5) is 28.2. The molecule has 0 radical (unpaired) electrons. The van der Waals surface area contributed by atoms with Gasteiger partial charge in [-0.25, -0.2) is 0 Å². The fraction of sp³-hybridized carbons (Fsp3) is 0.650. The van der Waals surface area contributed by atoms with Crippen molar-refractivity contribution in [2.75, 3.05) is 26.8 Å². The Balaban J connectivity index is 1.62. The Morgan fingerprint density at radius 2 is 1.31 bits per heavy atom. The molecule has 1 aliphatic rings. The third-order valence-electron chi connectivity index (χ3n) is 9.92. The summed E-state index contributed by atoms with van der Waals surface area (Å²) in [6.45, 7) is 9.10. The van der Waals surface area contributed by atoms with E-state index in [1.165, 1.54) is 64.2 Å². The lowest BCUT2D eigenvalue weighted by Gasteiger charge is -2.44. The van der Waals surface area contributed by atoms with Gasteiger partial charge in [0, 0.05) is 13.0 Å². The third-order valence-corrected chi connectivity index (χ3v) is 14.9. The normalized spacial score (nSPS) is 19.1. The van der Waals surface area contributed by atoms with Gasteiger partial charge in [-0.2, -0.15) is 0 Å². The number of amides is 1. The Morgan fingerprint density at radius 1 is 0.833 bits per heavy atom. The Bertz CT molecular complexity index is 1150. The summed E-state index contributed by atoms with van der Waals surface area (Å²) in [7, 11) is -1.10. The fourth-order valence-corrected chi connectivity index (χ4v) is 11.7. The highest BCUT2D eigenvalue weighted by Gasteiger charge is 2.51. The molecule has 1 saturated heterocycles. The first-order valence-corrected chi connectivity index (χ1v) is 20.6. The minimum atomic E-state index is -2.89. The van der Waals surface area contributed by atoms with Crippen molar-refractivity contribution in [3.8, 4) is 0 Å². The molecule has 0 aliphatic carbocycles. The van der Waals surface area contributed by atoms with E-state index in [0.29, 0.717) is 13.0 Å². The van der Waals surface area contributed by atoms with E-state index in [1.807, 2.05) is 36.4 Å². The second kappa shape index (κ2) is 20.9. The third kappa shape index (κ3) is 11.8. The van der Waals surface area contributed by atoms with Crippen LogP contribution in [0.15, 0.2) is 60.7 Å². The second-order valence-corrected chi connectivity index (χ2v) is 19.1. The number of unbranched alkanes of at least 4 members (excludes halogenated alkanes) is 12. The summed E-state index contributed by atoms with van der Waals surface area (Å²) >= 11 is 0. The van der Waals surface area contributed by atoms with Crippen molar-refractivity contribution in [3.05, 3.63) is 60.7 Å². The summed E-state index contributed by atoms with van der Waals surface area (Å²) in [5.74, 6) is -0.533. The summed E-state index contributed by atoms with van der Waals surface area (Å²) in [5, 5.41) is 15.2. The summed E-state index contributed by atoms with van der Waals surface area (Å²) in [6, 6.07) is 19.5. The number of carbonyl (C=O) groups excluding carboxylic acids is 2. The van der Waals surface area contributed by atoms with E-state index in [0.717, 1.165) is 29.6 Å². The molecular weight excluding hydrogens is 617 g/mol. The molecule has 2 N–H and O–H groups in total. The monoisotopic (exact) mass is 680 g/mol. The van der Waals surface area contributed by atoms with E-state index in [9.17, 15) is 14.7 Å². The van der Waals surface area contributed by atoms with Crippen LogP contribution in [0.5, 0.6) is 0 Å². The van der Waals surface area contributed by atoms with Gasteiger partial charge in [0.25, 0.3) is 8.32 Å². The molecule has 0 saturated carbocycles. The van der Waals surface area contributed by atoms with Gasteiger partial charge in [0.05, 0.1) is 19.3 Å². The van der Waals surface area contributed by atoms with Crippen molar-refractivity contribution >= 4 is 30.6 Å². The van der Waals surface area contributed by atoms with Gasteiger partial charge in [-0.1, -0.05) is 165 Å². The first kappa shape index (κ1) is 39.9. The van der Waals surface area contributed by atoms with Crippen LogP contribution in [0.1, 0.15) is 118 Å². The molecule has 1 amide bonds. The predicted octanol–water partition coefficient (Wildman–Crippen LogP) is 6.75. The van der Waals surface area contributed by atoms with Gasteiger partial charge in [0.1, 0.15) is 12.1 Å². The number of benzene rings is 2. The number of ether oxygens (including phenoxy) is 1. The SMILES string of the molecule is CCCCCCCCCCCCCCCC(=O)O[C@H]1CN(C)[C@@H](CO)C(=O)N[C@@H]1CO[Si](c1ccccc1)(c1ccccc1)C(C)(C)C. The Hall–Kier alpha value is -2.52. The van der Waals surface area contributed by atoms with Gasteiger partial charge in [-0.05, 0) is 28.9 Å². The average molecular weight is 681 g/mol. The average Bonchev–Trinajstić information content (AvgIpc) is 3.17. The highest BCUT2D eigenvalue weighted by molar-refractivity contribution is 6.99. The molecule has 1 aliphatic heterocycles.